The van der Waals surface area contributed by atoms with Gasteiger partial charge >= 0.3 is 0 Å². The van der Waals surface area contributed by atoms with E-state index in [1.165, 1.54) is 41.4 Å². The molecule has 0 atom stereocenters. The van der Waals surface area contributed by atoms with Crippen LogP contribution in [0.1, 0.15) is 26.2 Å². The highest BCUT2D eigenvalue weighted by atomic mass is 16.1. The topological polar surface area (TPSA) is 34.4 Å². The molecule has 0 aliphatic heterocycles. The maximum absolute atomic E-state index is 8.88. The van der Waals surface area contributed by atoms with Crippen molar-refractivity contribution in [3.63, 3.8) is 0 Å². The highest BCUT2D eigenvalue weighted by Crippen LogP contribution is 2.28. The van der Waals surface area contributed by atoms with Crippen molar-refractivity contribution < 1.29 is 4.79 Å². The number of carbonyl (C=O) groups excluding carboxylic acids is 1. The van der Waals surface area contributed by atoms with Crippen molar-refractivity contribution in [3.05, 3.63) is 48.5 Å². The van der Waals surface area contributed by atoms with Crippen LogP contribution in [0.15, 0.2) is 53.5 Å². The van der Waals surface area contributed by atoms with E-state index in [0.717, 1.165) is 12.8 Å². The molecule has 3 heteroatoms. The van der Waals surface area contributed by atoms with Gasteiger partial charge in [-0.15, -0.1) is 0 Å². The molecule has 0 fully saturated rings. The third-order valence-electron chi connectivity index (χ3n) is 3.90. The van der Waals surface area contributed by atoms with Crippen molar-refractivity contribution in [2.75, 3.05) is 7.05 Å². The molecule has 3 aromatic rings. The van der Waals surface area contributed by atoms with E-state index in [2.05, 4.69) is 88.7 Å². The van der Waals surface area contributed by atoms with Gasteiger partial charge in [-0.05, 0) is 30.4 Å². The minimum Gasteiger partial charge on any atom is -0.329 e. The number of fused-ring (bicyclic) bond motifs is 3. The van der Waals surface area contributed by atoms with Crippen LogP contribution in [0.5, 0.6) is 0 Å². The van der Waals surface area contributed by atoms with Crippen molar-refractivity contribution in [2.45, 2.75) is 32.7 Å². The van der Waals surface area contributed by atoms with Gasteiger partial charge in [0.25, 0.3) is 0 Å². The Balaban J connectivity index is 0.000000552. The molecule has 0 aliphatic rings. The molecule has 3 nitrogen and oxygen atoms in total. The Morgan fingerprint density at radius 1 is 0.923 bits per heavy atom. The first-order chi connectivity index (χ1) is 12.8. The lowest BCUT2D eigenvalue weighted by Gasteiger charge is -2.01. The largest absolute Gasteiger partial charge is 0.329 e. The summed E-state index contributed by atoms with van der Waals surface area (Å²) in [5.74, 6) is 12.2. The fraction of sp³-hybridized carbons (Fsp3) is 0.261. The number of aromatic nitrogens is 1. The summed E-state index contributed by atoms with van der Waals surface area (Å²) in [6.45, 7) is 2.85. The molecule has 0 spiro atoms. The SMILES string of the molecule is CCCCC#CC#CCn1c2ccccc2c2ccccc21.CN=C=O. The summed E-state index contributed by atoms with van der Waals surface area (Å²) in [6, 6.07) is 17.0. The molecule has 0 unspecified atom stereocenters. The molecule has 3 rings (SSSR count). The summed E-state index contributed by atoms with van der Waals surface area (Å²) < 4.78 is 2.27. The smallest absolute Gasteiger partial charge is 0.234 e. The van der Waals surface area contributed by atoms with Gasteiger partial charge in [-0.2, -0.15) is 0 Å². The number of hydrogen-bond acceptors (Lipinski definition) is 2. The van der Waals surface area contributed by atoms with Gasteiger partial charge in [0.2, 0.25) is 6.08 Å². The number of isocyanates is 1. The molecule has 1 heterocycles. The van der Waals surface area contributed by atoms with Gasteiger partial charge < -0.3 is 4.57 Å². The number of hydrogen-bond donors (Lipinski definition) is 0. The Morgan fingerprint density at radius 2 is 1.46 bits per heavy atom. The minimum atomic E-state index is 0.677. The molecule has 2 aromatic carbocycles. The summed E-state index contributed by atoms with van der Waals surface area (Å²) >= 11 is 0. The molecule has 0 amide bonds. The number of aliphatic imine (C=N–C) groups is 1. The van der Waals surface area contributed by atoms with E-state index in [1.807, 2.05) is 0 Å². The van der Waals surface area contributed by atoms with Crippen LogP contribution in [-0.4, -0.2) is 17.7 Å². The van der Waals surface area contributed by atoms with Gasteiger partial charge in [-0.3, -0.25) is 0 Å². The van der Waals surface area contributed by atoms with Gasteiger partial charge in [0.05, 0.1) is 6.54 Å². The lowest BCUT2D eigenvalue weighted by atomic mass is 10.2. The van der Waals surface area contributed by atoms with Crippen LogP contribution in [0.2, 0.25) is 0 Å². The van der Waals surface area contributed by atoms with Crippen molar-refractivity contribution in [1.82, 2.24) is 4.57 Å². The van der Waals surface area contributed by atoms with Gasteiger partial charge in [0, 0.05) is 35.3 Å². The molecule has 26 heavy (non-hydrogen) atoms. The van der Waals surface area contributed by atoms with Crippen LogP contribution < -0.4 is 0 Å². The quantitative estimate of drug-likeness (QED) is 0.287. The molecular formula is C23H22N2O. The Labute approximate surface area is 154 Å². The van der Waals surface area contributed by atoms with Gasteiger partial charge in [0.1, 0.15) is 0 Å². The van der Waals surface area contributed by atoms with Gasteiger partial charge in [0.15, 0.2) is 0 Å². The van der Waals surface area contributed by atoms with Crippen molar-refractivity contribution in [2.24, 2.45) is 4.99 Å². The highest BCUT2D eigenvalue weighted by Gasteiger charge is 2.07. The first kappa shape index (κ1) is 19.1. The van der Waals surface area contributed by atoms with E-state index < -0.39 is 0 Å². The van der Waals surface area contributed by atoms with Gasteiger partial charge in [-0.25, -0.2) is 9.79 Å². The van der Waals surface area contributed by atoms with Crippen LogP contribution in [0, 0.1) is 23.7 Å². The molecule has 0 N–H and O–H groups in total. The number of rotatable bonds is 3. The Kier molecular flexibility index (Phi) is 7.75. The molecule has 1 aromatic heterocycles. The van der Waals surface area contributed by atoms with E-state index in [4.69, 9.17) is 4.79 Å². The minimum absolute atomic E-state index is 0.677. The van der Waals surface area contributed by atoms with Crippen LogP contribution >= 0.6 is 0 Å². The fourth-order valence-corrected chi connectivity index (χ4v) is 2.71. The standard InChI is InChI=1S/C21H19N.C2H3NO/c1-2-3-4-5-6-7-12-17-22-20-15-10-8-13-18(20)19-14-9-11-16-21(19)22;1-3-2-4/h8-11,13-16H,2-4,17H2,1H3;1H3. The van der Waals surface area contributed by atoms with Crippen LogP contribution in [0.3, 0.4) is 0 Å². The summed E-state index contributed by atoms with van der Waals surface area (Å²) in [6.07, 6.45) is 4.59. The first-order valence-electron chi connectivity index (χ1n) is 8.71. The molecule has 0 aliphatic carbocycles. The van der Waals surface area contributed by atoms with E-state index >= 15 is 0 Å². The lowest BCUT2D eigenvalue weighted by Crippen LogP contribution is -1.94. The predicted octanol–water partition coefficient (Wildman–Crippen LogP) is 4.94. The molecule has 0 bridgehead atoms. The van der Waals surface area contributed by atoms with Gasteiger partial charge in [-0.1, -0.05) is 61.6 Å². The monoisotopic (exact) mass is 342 g/mol. The molecule has 0 saturated heterocycles. The second-order valence-electron chi connectivity index (χ2n) is 5.64. The first-order valence-corrected chi connectivity index (χ1v) is 8.71. The van der Waals surface area contributed by atoms with E-state index in [9.17, 15) is 0 Å². The molecular weight excluding hydrogens is 320 g/mol. The van der Waals surface area contributed by atoms with Crippen LogP contribution in [-0.2, 0) is 11.3 Å². The zero-order valence-corrected chi connectivity index (χ0v) is 15.2. The Bertz CT molecular complexity index is 979. The number of unbranched alkanes of at least 4 members (excludes halogenated alkanes) is 2. The second-order valence-corrected chi connectivity index (χ2v) is 5.64. The molecule has 130 valence electrons. The van der Waals surface area contributed by atoms with Crippen molar-refractivity contribution in [3.8, 4) is 23.7 Å². The van der Waals surface area contributed by atoms with E-state index in [-0.39, 0.29) is 0 Å². The van der Waals surface area contributed by atoms with Crippen LogP contribution in [0.4, 0.5) is 0 Å². The Hall–Kier alpha value is -3.26. The Morgan fingerprint density at radius 3 is 2.00 bits per heavy atom. The van der Waals surface area contributed by atoms with Crippen molar-refractivity contribution in [1.29, 1.82) is 0 Å². The number of benzene rings is 2. The third kappa shape index (κ3) is 4.87. The summed E-state index contributed by atoms with van der Waals surface area (Å²) in [7, 11) is 1.38. The fourth-order valence-electron chi connectivity index (χ4n) is 2.71. The normalized spacial score (nSPS) is 9.15. The van der Waals surface area contributed by atoms with Crippen molar-refractivity contribution >= 4 is 27.9 Å². The molecule has 0 radical (unpaired) electrons. The predicted molar refractivity (Wildman–Crippen MR) is 109 cm³/mol. The highest BCUT2D eigenvalue weighted by molar-refractivity contribution is 6.08. The second kappa shape index (κ2) is 10.6. The maximum atomic E-state index is 8.88. The van der Waals surface area contributed by atoms with E-state index in [0.29, 0.717) is 6.54 Å². The lowest BCUT2D eigenvalue weighted by molar-refractivity contribution is 0.564. The average Bonchev–Trinajstić information content (AvgIpc) is 3.02. The number of para-hydroxylation sites is 2. The average molecular weight is 342 g/mol. The number of nitrogens with zero attached hydrogens (tertiary/aromatic N) is 2. The summed E-state index contributed by atoms with van der Waals surface area (Å²) in [4.78, 5) is 11.8. The summed E-state index contributed by atoms with van der Waals surface area (Å²) in [5, 5.41) is 2.57. The maximum Gasteiger partial charge on any atom is 0.234 e. The third-order valence-corrected chi connectivity index (χ3v) is 3.90. The zero-order valence-electron chi connectivity index (χ0n) is 15.2. The molecule has 0 saturated carbocycles. The summed E-state index contributed by atoms with van der Waals surface area (Å²) in [5.41, 5.74) is 2.47. The van der Waals surface area contributed by atoms with Crippen LogP contribution in [0.25, 0.3) is 21.8 Å². The zero-order chi connectivity index (χ0) is 18.6. The van der Waals surface area contributed by atoms with E-state index in [1.54, 1.807) is 0 Å².